The van der Waals surface area contributed by atoms with Gasteiger partial charge in [0.25, 0.3) is 0 Å². The highest BCUT2D eigenvalue weighted by molar-refractivity contribution is 5.97. The molecule has 0 unspecified atom stereocenters. The van der Waals surface area contributed by atoms with Crippen LogP contribution in [-0.2, 0) is 9.53 Å². The van der Waals surface area contributed by atoms with Crippen molar-refractivity contribution in [3.63, 3.8) is 0 Å². The van der Waals surface area contributed by atoms with Crippen LogP contribution in [-0.4, -0.2) is 44.5 Å². The molecule has 2 N–H and O–H groups in total. The number of amides is 1. The Labute approximate surface area is 166 Å². The Bertz CT molecular complexity index is 768. The standard InChI is InChI=1S/C23H28N2O3/c1-18-7-9-19(10-8-18)21(17-25-13-15-28-16-14-25)24-23(27)12-11-22(26)20-5-3-2-4-6-20/h2-10,21H,11-17H2,1H3,(H,24,27)/p+1/t21-/m1/s1. The maximum absolute atomic E-state index is 12.6. The molecule has 0 aliphatic carbocycles. The van der Waals surface area contributed by atoms with Crippen LogP contribution in [0.15, 0.2) is 54.6 Å². The van der Waals surface area contributed by atoms with Crippen molar-refractivity contribution in [3.8, 4) is 0 Å². The molecule has 0 bridgehead atoms. The van der Waals surface area contributed by atoms with Gasteiger partial charge in [-0.2, -0.15) is 0 Å². The van der Waals surface area contributed by atoms with E-state index in [0.29, 0.717) is 5.56 Å². The van der Waals surface area contributed by atoms with Crippen molar-refractivity contribution in [2.45, 2.75) is 25.8 Å². The van der Waals surface area contributed by atoms with Gasteiger partial charge >= 0.3 is 0 Å². The van der Waals surface area contributed by atoms with E-state index in [0.717, 1.165) is 38.4 Å². The van der Waals surface area contributed by atoms with Crippen molar-refractivity contribution in [1.82, 2.24) is 5.32 Å². The normalized spacial score (nSPS) is 15.8. The van der Waals surface area contributed by atoms with Crippen LogP contribution in [0.25, 0.3) is 0 Å². The molecule has 148 valence electrons. The predicted molar refractivity (Wildman–Crippen MR) is 108 cm³/mol. The number of nitrogens with one attached hydrogen (secondary N) is 2. The fraction of sp³-hybridized carbons (Fsp3) is 0.391. The molecule has 0 radical (unpaired) electrons. The molecule has 0 saturated carbocycles. The molecule has 1 saturated heterocycles. The van der Waals surface area contributed by atoms with Crippen molar-refractivity contribution >= 4 is 11.7 Å². The molecule has 5 heteroatoms. The summed E-state index contributed by atoms with van der Waals surface area (Å²) in [6.07, 6.45) is 0.426. The van der Waals surface area contributed by atoms with E-state index >= 15 is 0 Å². The third-order valence-electron chi connectivity index (χ3n) is 5.18. The van der Waals surface area contributed by atoms with Gasteiger partial charge in [0.05, 0.1) is 13.2 Å². The SMILES string of the molecule is Cc1ccc([C@@H](C[NH+]2CCOCC2)NC(=O)CCC(=O)c2ccccc2)cc1. The molecule has 1 aliphatic heterocycles. The first-order valence-electron chi connectivity index (χ1n) is 9.97. The van der Waals surface area contributed by atoms with E-state index in [2.05, 4.69) is 36.5 Å². The Morgan fingerprint density at radius 2 is 1.68 bits per heavy atom. The smallest absolute Gasteiger partial charge is 0.221 e. The molecule has 2 aromatic carbocycles. The molecular weight excluding hydrogens is 352 g/mol. The molecule has 1 aliphatic rings. The van der Waals surface area contributed by atoms with Crippen LogP contribution in [0, 0.1) is 6.92 Å². The summed E-state index contributed by atoms with van der Waals surface area (Å²) >= 11 is 0. The second kappa shape index (κ2) is 10.2. The van der Waals surface area contributed by atoms with Gasteiger partial charge in [0.2, 0.25) is 5.91 Å². The molecule has 3 rings (SSSR count). The minimum atomic E-state index is -0.0810. The lowest BCUT2D eigenvalue weighted by atomic mass is 10.0. The highest BCUT2D eigenvalue weighted by Gasteiger charge is 2.23. The molecule has 0 aromatic heterocycles. The fourth-order valence-electron chi connectivity index (χ4n) is 3.47. The van der Waals surface area contributed by atoms with E-state index < -0.39 is 0 Å². The molecule has 28 heavy (non-hydrogen) atoms. The van der Waals surface area contributed by atoms with Crippen molar-refractivity contribution in [2.75, 3.05) is 32.8 Å². The molecule has 5 nitrogen and oxygen atoms in total. The summed E-state index contributed by atoms with van der Waals surface area (Å²) in [4.78, 5) is 26.3. The van der Waals surface area contributed by atoms with Gasteiger partial charge in [-0.1, -0.05) is 60.2 Å². The van der Waals surface area contributed by atoms with Crippen molar-refractivity contribution in [2.24, 2.45) is 0 Å². The summed E-state index contributed by atoms with van der Waals surface area (Å²) in [5.74, 6) is -0.0797. The van der Waals surface area contributed by atoms with Gasteiger partial charge in [-0.05, 0) is 12.5 Å². The summed E-state index contributed by atoms with van der Waals surface area (Å²) in [7, 11) is 0. The van der Waals surface area contributed by atoms with Gasteiger partial charge in [-0.25, -0.2) is 0 Å². The van der Waals surface area contributed by atoms with E-state index in [1.54, 1.807) is 12.1 Å². The number of hydrogen-bond acceptors (Lipinski definition) is 3. The molecule has 1 fully saturated rings. The quantitative estimate of drug-likeness (QED) is 0.685. The number of morpholine rings is 1. The first kappa shape index (κ1) is 20.2. The Balaban J connectivity index is 1.60. The number of aryl methyl sites for hydroxylation is 1. The van der Waals surface area contributed by atoms with Crippen LogP contribution in [0.2, 0.25) is 0 Å². The number of ketones is 1. The van der Waals surface area contributed by atoms with E-state index in [9.17, 15) is 9.59 Å². The Morgan fingerprint density at radius 1 is 1.00 bits per heavy atom. The number of carbonyl (C=O) groups excluding carboxylic acids is 2. The third kappa shape index (κ3) is 6.01. The Morgan fingerprint density at radius 3 is 2.36 bits per heavy atom. The number of ether oxygens (including phenoxy) is 1. The maximum Gasteiger partial charge on any atom is 0.221 e. The van der Waals surface area contributed by atoms with Gasteiger partial charge in [-0.3, -0.25) is 9.59 Å². The summed E-state index contributed by atoms with van der Waals surface area (Å²) in [6.45, 7) is 6.30. The molecule has 1 heterocycles. The summed E-state index contributed by atoms with van der Waals surface area (Å²) in [6, 6.07) is 17.4. The molecule has 2 aromatic rings. The largest absolute Gasteiger partial charge is 0.370 e. The number of rotatable bonds is 8. The van der Waals surface area contributed by atoms with Crippen LogP contribution in [0.4, 0.5) is 0 Å². The van der Waals surface area contributed by atoms with E-state index in [4.69, 9.17) is 4.74 Å². The lowest BCUT2D eigenvalue weighted by Gasteiger charge is -2.28. The van der Waals surface area contributed by atoms with E-state index in [1.807, 2.05) is 18.2 Å². The molecule has 1 atom stereocenters. The summed E-state index contributed by atoms with van der Waals surface area (Å²) in [5.41, 5.74) is 2.96. The highest BCUT2D eigenvalue weighted by Crippen LogP contribution is 2.14. The zero-order chi connectivity index (χ0) is 19.8. The van der Waals surface area contributed by atoms with Crippen molar-refractivity contribution in [1.29, 1.82) is 0 Å². The van der Waals surface area contributed by atoms with Gasteiger partial charge in [0.1, 0.15) is 25.7 Å². The zero-order valence-electron chi connectivity index (χ0n) is 16.4. The average molecular weight is 381 g/mol. The lowest BCUT2D eigenvalue weighted by molar-refractivity contribution is -0.909. The van der Waals surface area contributed by atoms with Gasteiger partial charge in [-0.15, -0.1) is 0 Å². The van der Waals surface area contributed by atoms with Crippen molar-refractivity contribution < 1.29 is 19.2 Å². The van der Waals surface area contributed by atoms with Crippen LogP contribution < -0.4 is 10.2 Å². The first-order chi connectivity index (χ1) is 13.6. The Hall–Kier alpha value is -2.50. The predicted octanol–water partition coefficient (Wildman–Crippen LogP) is 1.73. The average Bonchev–Trinajstić information content (AvgIpc) is 2.73. The second-order valence-electron chi connectivity index (χ2n) is 7.39. The van der Waals surface area contributed by atoms with E-state index in [1.165, 1.54) is 10.5 Å². The second-order valence-corrected chi connectivity index (χ2v) is 7.39. The van der Waals surface area contributed by atoms with Gasteiger partial charge in [0, 0.05) is 18.4 Å². The number of Topliss-reactive ketones (excluding diaryl/α,β-unsaturated/α-hetero) is 1. The number of quaternary nitrogens is 1. The Kier molecular flexibility index (Phi) is 7.34. The number of carbonyl (C=O) groups is 2. The zero-order valence-corrected chi connectivity index (χ0v) is 16.4. The minimum absolute atomic E-state index is 0.00133. The number of hydrogen-bond donors (Lipinski definition) is 2. The molecule has 1 amide bonds. The minimum Gasteiger partial charge on any atom is -0.370 e. The fourth-order valence-corrected chi connectivity index (χ4v) is 3.47. The van der Waals surface area contributed by atoms with Crippen LogP contribution in [0.5, 0.6) is 0 Å². The number of benzene rings is 2. The summed E-state index contributed by atoms with van der Waals surface area (Å²) < 4.78 is 5.45. The van der Waals surface area contributed by atoms with Crippen LogP contribution in [0.3, 0.4) is 0 Å². The molecular formula is C23H29N2O3+. The molecule has 0 spiro atoms. The van der Waals surface area contributed by atoms with Gasteiger partial charge in [0.15, 0.2) is 5.78 Å². The first-order valence-corrected chi connectivity index (χ1v) is 9.97. The monoisotopic (exact) mass is 381 g/mol. The van der Waals surface area contributed by atoms with Gasteiger partial charge < -0.3 is 15.0 Å². The maximum atomic E-state index is 12.6. The van der Waals surface area contributed by atoms with Crippen molar-refractivity contribution in [3.05, 3.63) is 71.3 Å². The van der Waals surface area contributed by atoms with E-state index in [-0.39, 0.29) is 30.6 Å². The topological polar surface area (TPSA) is 59.8 Å². The highest BCUT2D eigenvalue weighted by atomic mass is 16.5. The lowest BCUT2D eigenvalue weighted by Crippen LogP contribution is -3.14. The summed E-state index contributed by atoms with van der Waals surface area (Å²) in [5, 5.41) is 3.15. The third-order valence-corrected chi connectivity index (χ3v) is 5.18. The van der Waals surface area contributed by atoms with Crippen LogP contribution >= 0.6 is 0 Å². The van der Waals surface area contributed by atoms with Crippen LogP contribution in [0.1, 0.15) is 40.4 Å².